The summed E-state index contributed by atoms with van der Waals surface area (Å²) < 4.78 is 6.24. The van der Waals surface area contributed by atoms with Gasteiger partial charge in [0.05, 0.1) is 17.2 Å². The van der Waals surface area contributed by atoms with Crippen LogP contribution in [0, 0.1) is 18.3 Å². The lowest BCUT2D eigenvalue weighted by molar-refractivity contribution is -0.158. The molecule has 2 N–H and O–H groups in total. The van der Waals surface area contributed by atoms with E-state index in [2.05, 4.69) is 47.6 Å². The van der Waals surface area contributed by atoms with Crippen molar-refractivity contribution in [3.8, 4) is 5.75 Å². The fourth-order valence-electron chi connectivity index (χ4n) is 5.25. The quantitative estimate of drug-likeness (QED) is 0.605. The van der Waals surface area contributed by atoms with Crippen molar-refractivity contribution in [1.29, 1.82) is 0 Å². The second-order valence-corrected chi connectivity index (χ2v) is 9.44. The zero-order valence-corrected chi connectivity index (χ0v) is 16.7. The normalized spacial score (nSPS) is 29.5. The molecular weight excluding hydrogens is 360 g/mol. The van der Waals surface area contributed by atoms with Gasteiger partial charge in [0.15, 0.2) is 0 Å². The van der Waals surface area contributed by atoms with E-state index >= 15 is 0 Å². The van der Waals surface area contributed by atoms with E-state index in [0.717, 1.165) is 60.4 Å². The van der Waals surface area contributed by atoms with Crippen LogP contribution in [0.2, 0.25) is 0 Å². The van der Waals surface area contributed by atoms with E-state index in [4.69, 9.17) is 4.74 Å². The summed E-state index contributed by atoms with van der Waals surface area (Å²) in [5.41, 5.74) is 4.54. The van der Waals surface area contributed by atoms with Crippen LogP contribution in [0.1, 0.15) is 49.1 Å². The highest BCUT2D eigenvalue weighted by molar-refractivity contribution is 6.04. The molecule has 4 fully saturated rings. The number of aromatic nitrogens is 1. The first kappa shape index (κ1) is 17.1. The Morgan fingerprint density at radius 2 is 1.86 bits per heavy atom. The Hall–Kier alpha value is -2.75. The lowest BCUT2D eigenvalue weighted by Gasteiger charge is -2.60. The van der Waals surface area contributed by atoms with Crippen molar-refractivity contribution in [1.82, 2.24) is 4.98 Å². The molecule has 0 aliphatic heterocycles. The minimum absolute atomic E-state index is 0.0701. The molecule has 1 amide bonds. The Kier molecular flexibility index (Phi) is 3.62. The van der Waals surface area contributed by atoms with Crippen molar-refractivity contribution < 1.29 is 9.53 Å². The third-order valence-corrected chi connectivity index (χ3v) is 7.37. The maximum absolute atomic E-state index is 12.6. The molecule has 3 aromatic rings. The molecule has 0 saturated heterocycles. The maximum atomic E-state index is 12.6. The zero-order chi connectivity index (χ0) is 19.6. The monoisotopic (exact) mass is 386 g/mol. The van der Waals surface area contributed by atoms with Gasteiger partial charge in [-0.2, -0.15) is 0 Å². The minimum atomic E-state index is -0.0701. The number of carbonyl (C=O) groups is 1. The highest BCUT2D eigenvalue weighted by Crippen LogP contribution is 2.64. The number of rotatable bonds is 5. The molecule has 4 aliphatic carbocycles. The van der Waals surface area contributed by atoms with Gasteiger partial charge >= 0.3 is 0 Å². The predicted octanol–water partition coefficient (Wildman–Crippen LogP) is 5.54. The van der Waals surface area contributed by atoms with Crippen LogP contribution in [-0.2, 0) is 4.79 Å². The Bertz CT molecular complexity index is 1070. The van der Waals surface area contributed by atoms with E-state index in [1.54, 1.807) is 0 Å². The van der Waals surface area contributed by atoms with E-state index in [1.807, 2.05) is 18.3 Å². The summed E-state index contributed by atoms with van der Waals surface area (Å²) in [5.74, 6) is 2.46. The molecule has 1 heterocycles. The number of hydrogen-bond donors (Lipinski definition) is 2. The molecule has 148 valence electrons. The van der Waals surface area contributed by atoms with Crippen molar-refractivity contribution in [3.63, 3.8) is 0 Å². The Morgan fingerprint density at radius 3 is 2.55 bits per heavy atom. The SMILES string of the molecule is Cc1ccc([C@H]2C[C@H](Oc3ccc4[nH]cc(NC(=O)C56CC(C5)C6)c4c3)C2)cc1. The molecule has 29 heavy (non-hydrogen) atoms. The van der Waals surface area contributed by atoms with Gasteiger partial charge < -0.3 is 15.0 Å². The summed E-state index contributed by atoms with van der Waals surface area (Å²) in [5, 5.41) is 4.19. The molecular formula is C25H26N2O2. The number of fused-ring (bicyclic) bond motifs is 1. The summed E-state index contributed by atoms with van der Waals surface area (Å²) in [6.45, 7) is 2.12. The van der Waals surface area contributed by atoms with Gasteiger partial charge in [0.1, 0.15) is 5.75 Å². The lowest BCUT2D eigenvalue weighted by Crippen LogP contribution is -2.58. The van der Waals surface area contributed by atoms with Crippen LogP contribution in [0.15, 0.2) is 48.7 Å². The van der Waals surface area contributed by atoms with Gasteiger partial charge in [-0.3, -0.25) is 4.79 Å². The predicted molar refractivity (Wildman–Crippen MR) is 114 cm³/mol. The fourth-order valence-corrected chi connectivity index (χ4v) is 5.25. The molecule has 4 nitrogen and oxygen atoms in total. The van der Waals surface area contributed by atoms with Gasteiger partial charge in [-0.25, -0.2) is 0 Å². The Labute approximate surface area is 170 Å². The van der Waals surface area contributed by atoms with Crippen molar-refractivity contribution in [2.75, 3.05) is 5.32 Å². The largest absolute Gasteiger partial charge is 0.490 e. The van der Waals surface area contributed by atoms with E-state index < -0.39 is 0 Å². The highest BCUT2D eigenvalue weighted by Gasteiger charge is 2.61. The van der Waals surface area contributed by atoms with E-state index in [1.165, 1.54) is 11.1 Å². The summed E-state index contributed by atoms with van der Waals surface area (Å²) in [6.07, 6.45) is 7.48. The molecule has 2 bridgehead atoms. The van der Waals surface area contributed by atoms with Crippen molar-refractivity contribution in [2.24, 2.45) is 11.3 Å². The summed E-state index contributed by atoms with van der Waals surface area (Å²) >= 11 is 0. The van der Waals surface area contributed by atoms with Crippen LogP contribution in [0.3, 0.4) is 0 Å². The number of benzene rings is 2. The number of carbonyl (C=O) groups excluding carboxylic acids is 1. The average Bonchev–Trinajstić information content (AvgIpc) is 2.98. The standard InChI is InChI=1S/C25H26N2O2/c1-15-2-4-17(5-3-15)18-8-20(9-18)29-19-6-7-22-21(10-19)23(14-26-22)27-24(28)25-11-16(12-25)13-25/h2-7,10,14,16,18,20,26H,8-9,11-13H2,1H3,(H,27,28)/t16?,18-,20-,25?. The third kappa shape index (κ3) is 2.77. The molecule has 2 aromatic carbocycles. The second-order valence-electron chi connectivity index (χ2n) is 9.44. The lowest BCUT2D eigenvalue weighted by atomic mass is 9.44. The van der Waals surface area contributed by atoms with Crippen molar-refractivity contribution in [3.05, 3.63) is 59.8 Å². The fraction of sp³-hybridized carbons (Fsp3) is 0.400. The molecule has 1 aromatic heterocycles. The molecule has 0 atom stereocenters. The third-order valence-electron chi connectivity index (χ3n) is 7.37. The number of hydrogen-bond acceptors (Lipinski definition) is 2. The molecule has 4 saturated carbocycles. The number of aryl methyl sites for hydroxylation is 1. The van der Waals surface area contributed by atoms with Crippen LogP contribution < -0.4 is 10.1 Å². The van der Waals surface area contributed by atoms with Crippen molar-refractivity contribution >= 4 is 22.5 Å². The molecule has 0 unspecified atom stereocenters. The molecule has 4 heteroatoms. The van der Waals surface area contributed by atoms with Crippen LogP contribution in [0.5, 0.6) is 5.75 Å². The molecule has 4 aliphatic rings. The van der Waals surface area contributed by atoms with Gasteiger partial charge in [0.25, 0.3) is 0 Å². The zero-order valence-electron chi connectivity index (χ0n) is 16.7. The Balaban J connectivity index is 1.13. The van der Waals surface area contributed by atoms with Gasteiger partial charge in [-0.15, -0.1) is 0 Å². The first-order valence-electron chi connectivity index (χ1n) is 10.7. The summed E-state index contributed by atoms with van der Waals surface area (Å²) in [4.78, 5) is 15.9. The number of H-pyrrole nitrogens is 1. The smallest absolute Gasteiger partial charge is 0.230 e. The molecule has 0 spiro atoms. The van der Waals surface area contributed by atoms with Gasteiger partial charge in [0.2, 0.25) is 5.91 Å². The summed E-state index contributed by atoms with van der Waals surface area (Å²) in [6, 6.07) is 15.0. The number of anilines is 1. The molecule has 0 radical (unpaired) electrons. The topological polar surface area (TPSA) is 54.1 Å². The van der Waals surface area contributed by atoms with E-state index in [0.29, 0.717) is 5.92 Å². The first-order chi connectivity index (χ1) is 14.1. The first-order valence-corrected chi connectivity index (χ1v) is 10.7. The van der Waals surface area contributed by atoms with Crippen molar-refractivity contribution in [2.45, 2.75) is 51.0 Å². The minimum Gasteiger partial charge on any atom is -0.490 e. The van der Waals surface area contributed by atoms with Gasteiger partial charge in [-0.05, 0) is 74.6 Å². The number of nitrogens with one attached hydrogen (secondary N) is 2. The number of ether oxygens (including phenoxy) is 1. The van der Waals surface area contributed by atoms with Gasteiger partial charge in [-0.1, -0.05) is 29.8 Å². The summed E-state index contributed by atoms with van der Waals surface area (Å²) in [7, 11) is 0. The van der Waals surface area contributed by atoms with Crippen LogP contribution in [-0.4, -0.2) is 17.0 Å². The van der Waals surface area contributed by atoms with Crippen LogP contribution >= 0.6 is 0 Å². The van der Waals surface area contributed by atoms with E-state index in [9.17, 15) is 4.79 Å². The maximum Gasteiger partial charge on any atom is 0.230 e. The van der Waals surface area contributed by atoms with Gasteiger partial charge in [0, 0.05) is 17.1 Å². The van der Waals surface area contributed by atoms with Crippen LogP contribution in [0.25, 0.3) is 10.9 Å². The second kappa shape index (κ2) is 6.12. The highest BCUT2D eigenvalue weighted by atomic mass is 16.5. The Morgan fingerprint density at radius 1 is 1.10 bits per heavy atom. The molecule has 7 rings (SSSR count). The average molecular weight is 386 g/mol. The number of amides is 1. The van der Waals surface area contributed by atoms with E-state index in [-0.39, 0.29) is 17.4 Å². The van der Waals surface area contributed by atoms with Crippen LogP contribution in [0.4, 0.5) is 5.69 Å². The number of aromatic amines is 1.